The quantitative estimate of drug-likeness (QED) is 0.862. The van der Waals surface area contributed by atoms with Gasteiger partial charge in [-0.15, -0.1) is 0 Å². The van der Waals surface area contributed by atoms with Gasteiger partial charge in [-0.3, -0.25) is 9.69 Å². The largest absolute Gasteiger partial charge is 0.378 e. The van der Waals surface area contributed by atoms with Crippen LogP contribution in [0.4, 0.5) is 5.69 Å². The van der Waals surface area contributed by atoms with Gasteiger partial charge < -0.3 is 15.1 Å². The Labute approximate surface area is 146 Å². The molecule has 0 radical (unpaired) electrons. The minimum absolute atomic E-state index is 0.0225. The molecule has 0 saturated carbocycles. The van der Waals surface area contributed by atoms with Gasteiger partial charge in [-0.1, -0.05) is 26.0 Å². The van der Waals surface area contributed by atoms with Crippen LogP contribution in [0, 0.1) is 5.92 Å². The Bertz CT molecular complexity index is 519. The molecule has 1 aliphatic heterocycles. The van der Waals surface area contributed by atoms with E-state index in [1.165, 1.54) is 11.3 Å². The molecule has 1 atom stereocenters. The van der Waals surface area contributed by atoms with Gasteiger partial charge in [-0.05, 0) is 24.7 Å². The Balaban J connectivity index is 2.13. The molecule has 0 unspecified atom stereocenters. The van der Waals surface area contributed by atoms with E-state index in [0.29, 0.717) is 6.54 Å². The number of carbonyl (C=O) groups is 1. The normalized spacial score (nSPS) is 17.8. The van der Waals surface area contributed by atoms with E-state index in [2.05, 4.69) is 65.4 Å². The summed E-state index contributed by atoms with van der Waals surface area (Å²) in [5, 5.41) is 3.12. The van der Waals surface area contributed by atoms with Gasteiger partial charge in [0.25, 0.3) is 0 Å². The molecule has 1 aromatic carbocycles. The lowest BCUT2D eigenvalue weighted by Crippen LogP contribution is -2.48. The van der Waals surface area contributed by atoms with E-state index in [1.54, 1.807) is 0 Å². The average Bonchev–Trinajstić information content (AvgIpc) is 2.56. The van der Waals surface area contributed by atoms with E-state index < -0.39 is 0 Å². The number of anilines is 1. The summed E-state index contributed by atoms with van der Waals surface area (Å²) in [4.78, 5) is 19.0. The van der Waals surface area contributed by atoms with Crippen LogP contribution in [0.3, 0.4) is 0 Å². The highest BCUT2D eigenvalue weighted by atomic mass is 16.1. The molecule has 1 heterocycles. The van der Waals surface area contributed by atoms with E-state index in [4.69, 9.17) is 0 Å². The molecule has 5 heteroatoms. The van der Waals surface area contributed by atoms with Crippen molar-refractivity contribution in [1.82, 2.24) is 15.1 Å². The van der Waals surface area contributed by atoms with Crippen molar-refractivity contribution in [2.24, 2.45) is 5.92 Å². The van der Waals surface area contributed by atoms with Crippen LogP contribution in [0.25, 0.3) is 0 Å². The predicted molar refractivity (Wildman–Crippen MR) is 100 cm³/mol. The van der Waals surface area contributed by atoms with Gasteiger partial charge in [0, 0.05) is 58.4 Å². The first-order chi connectivity index (χ1) is 11.4. The van der Waals surface area contributed by atoms with Crippen molar-refractivity contribution in [3.8, 4) is 0 Å². The maximum absolute atomic E-state index is 12.0. The molecule has 1 aliphatic rings. The summed E-state index contributed by atoms with van der Waals surface area (Å²) >= 11 is 0. The van der Waals surface area contributed by atoms with Crippen LogP contribution in [0.1, 0.15) is 25.5 Å². The van der Waals surface area contributed by atoms with Crippen molar-refractivity contribution in [2.45, 2.75) is 19.9 Å². The Kier molecular flexibility index (Phi) is 6.63. The number of piperazine rings is 1. The summed E-state index contributed by atoms with van der Waals surface area (Å²) in [6.45, 7) is 8.76. The summed E-state index contributed by atoms with van der Waals surface area (Å²) in [5.41, 5.74) is 2.47. The lowest BCUT2D eigenvalue weighted by atomic mass is 10.0. The second-order valence-corrected chi connectivity index (χ2v) is 7.24. The lowest BCUT2D eigenvalue weighted by Gasteiger charge is -2.38. The first kappa shape index (κ1) is 18.7. The summed E-state index contributed by atoms with van der Waals surface area (Å²) in [7, 11) is 6.27. The van der Waals surface area contributed by atoms with E-state index in [9.17, 15) is 4.79 Å². The molecule has 1 fully saturated rings. The third-order valence-corrected chi connectivity index (χ3v) is 4.77. The molecular formula is C19H32N4O. The van der Waals surface area contributed by atoms with Gasteiger partial charge >= 0.3 is 0 Å². The number of rotatable bonds is 6. The summed E-state index contributed by atoms with van der Waals surface area (Å²) in [6.07, 6.45) is 0. The van der Waals surface area contributed by atoms with E-state index in [-0.39, 0.29) is 17.9 Å². The number of hydrogen-bond acceptors (Lipinski definition) is 4. The van der Waals surface area contributed by atoms with Gasteiger partial charge in [0.2, 0.25) is 5.91 Å². The molecule has 1 amide bonds. The fourth-order valence-corrected chi connectivity index (χ4v) is 2.99. The standard InChI is InChI=1S/C19H32N4O/c1-15(2)19(24)20-14-18(23-12-10-22(5)11-13-23)16-6-8-17(9-7-16)21(3)4/h6-9,15,18H,10-14H2,1-5H3,(H,20,24)/t18-/m0/s1. The van der Waals surface area contributed by atoms with Crippen LogP contribution >= 0.6 is 0 Å². The monoisotopic (exact) mass is 332 g/mol. The number of nitrogens with one attached hydrogen (secondary N) is 1. The van der Waals surface area contributed by atoms with Crippen molar-refractivity contribution in [3.63, 3.8) is 0 Å². The van der Waals surface area contributed by atoms with Crippen molar-refractivity contribution >= 4 is 11.6 Å². The predicted octanol–water partition coefficient (Wildman–Crippen LogP) is 1.81. The maximum atomic E-state index is 12.0. The van der Waals surface area contributed by atoms with Crippen LogP contribution < -0.4 is 10.2 Å². The Morgan fingerprint density at radius 3 is 2.21 bits per heavy atom. The number of hydrogen-bond donors (Lipinski definition) is 1. The fraction of sp³-hybridized carbons (Fsp3) is 0.632. The van der Waals surface area contributed by atoms with Crippen LogP contribution in [0.15, 0.2) is 24.3 Å². The third kappa shape index (κ3) is 4.95. The third-order valence-electron chi connectivity index (χ3n) is 4.77. The average molecular weight is 332 g/mol. The summed E-state index contributed by atoms with van der Waals surface area (Å²) in [6, 6.07) is 8.93. The molecule has 24 heavy (non-hydrogen) atoms. The summed E-state index contributed by atoms with van der Waals surface area (Å²) < 4.78 is 0. The number of likely N-dealkylation sites (N-methyl/N-ethyl adjacent to an activating group) is 1. The van der Waals surface area contributed by atoms with Crippen molar-refractivity contribution in [1.29, 1.82) is 0 Å². The lowest BCUT2D eigenvalue weighted by molar-refractivity contribution is -0.124. The zero-order chi connectivity index (χ0) is 17.7. The Morgan fingerprint density at radius 2 is 1.71 bits per heavy atom. The number of benzene rings is 1. The van der Waals surface area contributed by atoms with Gasteiger partial charge in [-0.25, -0.2) is 0 Å². The molecule has 0 aromatic heterocycles. The number of amides is 1. The van der Waals surface area contributed by atoms with Crippen molar-refractivity contribution < 1.29 is 4.79 Å². The van der Waals surface area contributed by atoms with Crippen LogP contribution in [-0.4, -0.2) is 69.6 Å². The first-order valence-corrected chi connectivity index (χ1v) is 8.86. The highest BCUT2D eigenvalue weighted by Crippen LogP contribution is 2.24. The number of carbonyl (C=O) groups excluding carboxylic acids is 1. The topological polar surface area (TPSA) is 38.8 Å². The van der Waals surface area contributed by atoms with E-state index in [0.717, 1.165) is 26.2 Å². The second-order valence-electron chi connectivity index (χ2n) is 7.24. The van der Waals surface area contributed by atoms with Gasteiger partial charge in [-0.2, -0.15) is 0 Å². The van der Waals surface area contributed by atoms with E-state index >= 15 is 0 Å². The molecule has 0 spiro atoms. The number of nitrogens with zero attached hydrogens (tertiary/aromatic N) is 3. The van der Waals surface area contributed by atoms with Crippen LogP contribution in [0.2, 0.25) is 0 Å². The summed E-state index contributed by atoms with van der Waals surface area (Å²) in [5.74, 6) is 0.147. The highest BCUT2D eigenvalue weighted by molar-refractivity contribution is 5.77. The fourth-order valence-electron chi connectivity index (χ4n) is 2.99. The van der Waals surface area contributed by atoms with Crippen molar-refractivity contribution in [2.75, 3.05) is 58.8 Å². The molecule has 1 aromatic rings. The van der Waals surface area contributed by atoms with Gasteiger partial charge in [0.15, 0.2) is 0 Å². The smallest absolute Gasteiger partial charge is 0.222 e. The van der Waals surface area contributed by atoms with Gasteiger partial charge in [0.05, 0.1) is 6.04 Å². The maximum Gasteiger partial charge on any atom is 0.222 e. The molecular weight excluding hydrogens is 300 g/mol. The minimum atomic E-state index is 0.0225. The molecule has 134 valence electrons. The molecule has 1 N–H and O–H groups in total. The zero-order valence-corrected chi connectivity index (χ0v) is 15.7. The molecule has 5 nitrogen and oxygen atoms in total. The zero-order valence-electron chi connectivity index (χ0n) is 15.7. The van der Waals surface area contributed by atoms with Crippen LogP contribution in [-0.2, 0) is 4.79 Å². The molecule has 0 aliphatic carbocycles. The molecule has 1 saturated heterocycles. The SMILES string of the molecule is CC(C)C(=O)NC[C@@H](c1ccc(N(C)C)cc1)N1CCN(C)CC1. The Morgan fingerprint density at radius 1 is 1.12 bits per heavy atom. The second kappa shape index (κ2) is 8.49. The first-order valence-electron chi connectivity index (χ1n) is 8.86. The van der Waals surface area contributed by atoms with E-state index in [1.807, 2.05) is 13.8 Å². The highest BCUT2D eigenvalue weighted by Gasteiger charge is 2.24. The molecule has 0 bridgehead atoms. The van der Waals surface area contributed by atoms with Crippen LogP contribution in [0.5, 0.6) is 0 Å². The molecule has 2 rings (SSSR count). The van der Waals surface area contributed by atoms with Crippen molar-refractivity contribution in [3.05, 3.63) is 29.8 Å². The minimum Gasteiger partial charge on any atom is -0.378 e. The van der Waals surface area contributed by atoms with Gasteiger partial charge in [0.1, 0.15) is 0 Å². The Hall–Kier alpha value is -1.59.